The maximum Gasteiger partial charge on any atom is 0.328 e. The molecule has 2 atom stereocenters. The van der Waals surface area contributed by atoms with Crippen molar-refractivity contribution in [2.75, 3.05) is 23.7 Å². The molecule has 8 amide bonds. The first kappa shape index (κ1) is 47.7. The highest BCUT2D eigenvalue weighted by Gasteiger charge is 2.66. The van der Waals surface area contributed by atoms with Crippen LogP contribution in [0.25, 0.3) is 0 Å². The number of benzene rings is 2. The molecule has 2 aromatic rings. The molecule has 2 unspecified atom stereocenters. The lowest BCUT2D eigenvalue weighted by atomic mass is 9.79. The zero-order valence-electron chi connectivity index (χ0n) is 39.3. The van der Waals surface area contributed by atoms with E-state index in [1.54, 1.807) is 9.80 Å². The summed E-state index contributed by atoms with van der Waals surface area (Å²) in [4.78, 5) is 98.7. The number of nitrogens with one attached hydrogen (secondary N) is 2. The summed E-state index contributed by atoms with van der Waals surface area (Å²) in [5.41, 5.74) is 2.07. The van der Waals surface area contributed by atoms with Crippen LogP contribution in [0.15, 0.2) is 36.4 Å². The topological polar surface area (TPSA) is 139 Å². The number of anilines is 2. The SMILES string of the molecule is CCCCCCCN1C(=O)N(C(C(=O)Nc2c(CC)cccc2CC)C(C(=O)Nc2c(CC)cccc2CC)N2C(=O)N(CC(C)C)C3(CCCCC3)C2=O)C(=O)C12CCCCC2. The molecule has 0 radical (unpaired) electrons. The second kappa shape index (κ2) is 20.8. The molecule has 2 aliphatic heterocycles. The Morgan fingerprint density at radius 1 is 0.556 bits per heavy atom. The van der Waals surface area contributed by atoms with E-state index in [1.807, 2.05) is 77.9 Å². The molecule has 4 fully saturated rings. The van der Waals surface area contributed by atoms with Crippen LogP contribution in [0.2, 0.25) is 0 Å². The van der Waals surface area contributed by atoms with Crippen molar-refractivity contribution in [2.45, 2.75) is 194 Å². The third kappa shape index (κ3) is 9.15. The molecular weight excluding hydrogens is 793 g/mol. The van der Waals surface area contributed by atoms with E-state index in [4.69, 9.17) is 0 Å². The Morgan fingerprint density at radius 2 is 0.937 bits per heavy atom. The highest BCUT2D eigenvalue weighted by Crippen LogP contribution is 2.46. The summed E-state index contributed by atoms with van der Waals surface area (Å²) in [5.74, 6) is -2.67. The molecule has 344 valence electrons. The summed E-state index contributed by atoms with van der Waals surface area (Å²) in [6.07, 6.45) is 13.4. The molecule has 2 saturated carbocycles. The van der Waals surface area contributed by atoms with Gasteiger partial charge in [0.2, 0.25) is 11.8 Å². The van der Waals surface area contributed by atoms with Gasteiger partial charge in [-0.05, 0) is 86.0 Å². The monoisotopic (exact) mass is 867 g/mol. The van der Waals surface area contributed by atoms with Gasteiger partial charge in [0.15, 0.2) is 12.1 Å². The Bertz CT molecular complexity index is 1960. The van der Waals surface area contributed by atoms with E-state index in [0.717, 1.165) is 96.3 Å². The highest BCUT2D eigenvalue weighted by atomic mass is 16.2. The lowest BCUT2D eigenvalue weighted by Gasteiger charge is -2.39. The summed E-state index contributed by atoms with van der Waals surface area (Å²) in [6.45, 7) is 14.7. The van der Waals surface area contributed by atoms with Gasteiger partial charge in [-0.1, -0.05) is 149 Å². The van der Waals surface area contributed by atoms with Gasteiger partial charge in [0.05, 0.1) is 0 Å². The fraction of sp³-hybridized carbons (Fsp3) is 0.647. The number of para-hydroxylation sites is 2. The normalized spacial score (nSPS) is 19.5. The van der Waals surface area contributed by atoms with E-state index in [0.29, 0.717) is 75.7 Å². The van der Waals surface area contributed by atoms with Gasteiger partial charge in [0.1, 0.15) is 11.1 Å². The van der Waals surface area contributed by atoms with Gasteiger partial charge in [0.25, 0.3) is 11.8 Å². The van der Waals surface area contributed by atoms with Gasteiger partial charge in [-0.2, -0.15) is 0 Å². The van der Waals surface area contributed by atoms with Crippen LogP contribution in [0.1, 0.15) is 167 Å². The Hall–Kier alpha value is -4.74. The molecule has 4 aliphatic rings. The predicted molar refractivity (Wildman–Crippen MR) is 248 cm³/mol. The van der Waals surface area contributed by atoms with E-state index in [1.165, 1.54) is 0 Å². The van der Waals surface area contributed by atoms with Crippen molar-refractivity contribution in [2.24, 2.45) is 5.92 Å². The third-order valence-electron chi connectivity index (χ3n) is 14.4. The maximum absolute atomic E-state index is 15.8. The summed E-state index contributed by atoms with van der Waals surface area (Å²) in [6, 6.07) is 6.49. The fourth-order valence-electron chi connectivity index (χ4n) is 11.0. The molecule has 2 spiro atoms. The zero-order valence-corrected chi connectivity index (χ0v) is 39.3. The van der Waals surface area contributed by atoms with E-state index in [-0.39, 0.29) is 12.5 Å². The lowest BCUT2D eigenvalue weighted by molar-refractivity contribution is -0.147. The van der Waals surface area contributed by atoms with Crippen LogP contribution < -0.4 is 10.6 Å². The number of carbonyl (C=O) groups is 6. The minimum Gasteiger partial charge on any atom is -0.324 e. The molecule has 2 aliphatic carbocycles. The van der Waals surface area contributed by atoms with Crippen molar-refractivity contribution in [3.63, 3.8) is 0 Å². The molecule has 2 aromatic carbocycles. The average Bonchev–Trinajstić information content (AvgIpc) is 3.59. The van der Waals surface area contributed by atoms with Gasteiger partial charge in [0, 0.05) is 24.5 Å². The van der Waals surface area contributed by atoms with Crippen LogP contribution in [0.3, 0.4) is 0 Å². The van der Waals surface area contributed by atoms with Crippen LogP contribution in [0.5, 0.6) is 0 Å². The van der Waals surface area contributed by atoms with Crippen LogP contribution in [0.4, 0.5) is 21.0 Å². The Kier molecular flexibility index (Phi) is 15.8. The van der Waals surface area contributed by atoms with E-state index in [2.05, 4.69) is 17.6 Å². The molecule has 12 nitrogen and oxygen atoms in total. The van der Waals surface area contributed by atoms with Crippen molar-refractivity contribution >= 4 is 47.1 Å². The molecule has 6 rings (SSSR count). The quantitative estimate of drug-likeness (QED) is 0.107. The smallest absolute Gasteiger partial charge is 0.324 e. The minimum absolute atomic E-state index is 0.00721. The van der Waals surface area contributed by atoms with E-state index < -0.39 is 58.9 Å². The summed E-state index contributed by atoms with van der Waals surface area (Å²) in [5, 5.41) is 6.27. The van der Waals surface area contributed by atoms with Crippen molar-refractivity contribution in [3.8, 4) is 0 Å². The molecule has 2 heterocycles. The number of nitrogens with zero attached hydrogens (tertiary/aromatic N) is 4. The average molecular weight is 867 g/mol. The third-order valence-corrected chi connectivity index (χ3v) is 14.4. The van der Waals surface area contributed by atoms with Crippen LogP contribution in [-0.4, -0.2) is 91.5 Å². The minimum atomic E-state index is -1.88. The predicted octanol–water partition coefficient (Wildman–Crippen LogP) is 9.81. The molecule has 0 bridgehead atoms. The molecule has 2 N–H and O–H groups in total. The van der Waals surface area contributed by atoms with Crippen molar-refractivity contribution in [1.82, 2.24) is 19.6 Å². The fourth-order valence-corrected chi connectivity index (χ4v) is 11.0. The Labute approximate surface area is 376 Å². The first-order valence-corrected chi connectivity index (χ1v) is 24.5. The number of amides is 8. The standard InChI is InChI=1S/C51H74N6O6/c1-8-13-14-15-22-33-54-48(62)56(46(60)50(54)29-18-16-19-30-50)42(44(58)52-40-36(9-2)25-23-26-37(40)10-3)43(45(59)53-41-38(11-4)27-24-28-39(41)12-5)57-47(61)51(31-20-17-21-32-51)55(49(57)63)34-35(6)7/h23-28,35,42-43H,8-22,29-34H2,1-7H3,(H,52,58)(H,53,59). The van der Waals surface area contributed by atoms with Crippen molar-refractivity contribution in [1.29, 1.82) is 0 Å². The lowest BCUT2D eigenvalue weighted by Crippen LogP contribution is -2.65. The van der Waals surface area contributed by atoms with E-state index in [9.17, 15) is 0 Å². The first-order chi connectivity index (χ1) is 30.3. The van der Waals surface area contributed by atoms with Gasteiger partial charge in [-0.25, -0.2) is 19.4 Å². The van der Waals surface area contributed by atoms with Crippen molar-refractivity contribution in [3.05, 3.63) is 58.7 Å². The van der Waals surface area contributed by atoms with Gasteiger partial charge < -0.3 is 20.4 Å². The van der Waals surface area contributed by atoms with Gasteiger partial charge in [-0.15, -0.1) is 0 Å². The largest absolute Gasteiger partial charge is 0.328 e. The molecule has 2 saturated heterocycles. The van der Waals surface area contributed by atoms with Crippen LogP contribution in [-0.2, 0) is 44.9 Å². The molecule has 0 aromatic heterocycles. The number of urea groups is 2. The maximum atomic E-state index is 15.8. The number of hydrogen-bond donors (Lipinski definition) is 2. The number of carbonyl (C=O) groups excluding carboxylic acids is 6. The summed E-state index contributed by atoms with van der Waals surface area (Å²) < 4.78 is 0. The molecule has 12 heteroatoms. The molecule has 63 heavy (non-hydrogen) atoms. The second-order valence-electron chi connectivity index (χ2n) is 18.9. The Balaban J connectivity index is 1.59. The second-order valence-corrected chi connectivity index (χ2v) is 18.9. The van der Waals surface area contributed by atoms with Gasteiger partial charge >= 0.3 is 12.1 Å². The van der Waals surface area contributed by atoms with Crippen LogP contribution >= 0.6 is 0 Å². The summed E-state index contributed by atoms with van der Waals surface area (Å²) in [7, 11) is 0. The number of unbranched alkanes of at least 4 members (excludes halogenated alkanes) is 4. The Morgan fingerprint density at radius 3 is 1.32 bits per heavy atom. The number of aryl methyl sites for hydroxylation is 4. The van der Waals surface area contributed by atoms with Crippen LogP contribution in [0, 0.1) is 5.92 Å². The van der Waals surface area contributed by atoms with Crippen molar-refractivity contribution < 1.29 is 28.8 Å². The zero-order chi connectivity index (χ0) is 45.5. The van der Waals surface area contributed by atoms with Gasteiger partial charge in [-0.3, -0.25) is 19.2 Å². The van der Waals surface area contributed by atoms with E-state index >= 15 is 28.8 Å². The summed E-state index contributed by atoms with van der Waals surface area (Å²) >= 11 is 0. The number of hydrogen-bond acceptors (Lipinski definition) is 6. The molecular formula is C51H74N6O6. The number of imide groups is 2. The first-order valence-electron chi connectivity index (χ1n) is 24.5. The number of rotatable bonds is 19. The highest BCUT2D eigenvalue weighted by molar-refractivity contribution is 6.17.